The number of aliphatic hydroxyl groups is 1. The van der Waals surface area contributed by atoms with Gasteiger partial charge in [-0.3, -0.25) is 0 Å². The number of aliphatic hydroxyl groups excluding tert-OH is 1. The lowest BCUT2D eigenvalue weighted by atomic mass is 9.93. The van der Waals surface area contributed by atoms with E-state index in [9.17, 15) is 10.2 Å². The summed E-state index contributed by atoms with van der Waals surface area (Å²) in [5, 5.41) is 26.9. The Balaban J connectivity index is 1.56. The second kappa shape index (κ2) is 8.49. The lowest BCUT2D eigenvalue weighted by Crippen LogP contribution is -2.39. The maximum Gasteiger partial charge on any atom is 0.231 e. The Morgan fingerprint density at radius 1 is 1.10 bits per heavy atom. The van der Waals surface area contributed by atoms with Gasteiger partial charge in [0.25, 0.3) is 0 Å². The molecular weight excluding hydrogens is 392 g/mol. The van der Waals surface area contributed by atoms with Crippen molar-refractivity contribution in [1.82, 2.24) is 20.3 Å². The molecule has 160 valence electrons. The molecule has 3 heterocycles. The number of aromatic hydroxyl groups is 1. The molecule has 0 spiro atoms. The van der Waals surface area contributed by atoms with Crippen LogP contribution in [0.3, 0.4) is 0 Å². The number of hydrogen-bond donors (Lipinski definition) is 4. The average molecular weight is 419 g/mol. The van der Waals surface area contributed by atoms with Crippen molar-refractivity contribution in [3.05, 3.63) is 59.7 Å². The Morgan fingerprint density at radius 2 is 2.00 bits per heavy atom. The Bertz CT molecular complexity index is 1070. The molecule has 2 atom stereocenters. The number of fused-ring (bicyclic) bond motifs is 1. The van der Waals surface area contributed by atoms with Crippen LogP contribution in [-0.4, -0.2) is 57.4 Å². The Morgan fingerprint density at radius 3 is 2.81 bits per heavy atom. The quantitative estimate of drug-likeness (QED) is 0.499. The smallest absolute Gasteiger partial charge is 0.231 e. The van der Waals surface area contributed by atoms with Gasteiger partial charge in [0.1, 0.15) is 5.75 Å². The van der Waals surface area contributed by atoms with Crippen molar-refractivity contribution in [3.8, 4) is 17.1 Å². The fraction of sp³-hybridized carbons (Fsp3) is 0.348. The Hall–Kier alpha value is -3.23. The second-order valence-corrected chi connectivity index (χ2v) is 8.01. The summed E-state index contributed by atoms with van der Waals surface area (Å²) in [5.74, 6) is 1.68. The molecule has 1 aromatic heterocycles. The topological polar surface area (TPSA) is 106 Å². The van der Waals surface area contributed by atoms with E-state index in [-0.39, 0.29) is 24.4 Å². The molecule has 2 aromatic carbocycles. The van der Waals surface area contributed by atoms with Crippen LogP contribution in [0, 0.1) is 0 Å². The zero-order chi connectivity index (χ0) is 21.2. The van der Waals surface area contributed by atoms with Gasteiger partial charge in [-0.2, -0.15) is 15.0 Å². The Labute approximate surface area is 181 Å². The van der Waals surface area contributed by atoms with Gasteiger partial charge in [0.2, 0.25) is 11.9 Å². The highest BCUT2D eigenvalue weighted by Crippen LogP contribution is 2.33. The number of nitrogens with one attached hydrogen (secondary N) is 2. The fourth-order valence-corrected chi connectivity index (χ4v) is 4.38. The third-order valence-corrected chi connectivity index (χ3v) is 5.96. The van der Waals surface area contributed by atoms with Crippen molar-refractivity contribution in [3.63, 3.8) is 0 Å². The maximum absolute atomic E-state index is 10.2. The third-order valence-electron chi connectivity index (χ3n) is 5.96. The van der Waals surface area contributed by atoms with Gasteiger partial charge in [-0.25, -0.2) is 0 Å². The van der Waals surface area contributed by atoms with Crippen LogP contribution in [0.2, 0.25) is 0 Å². The van der Waals surface area contributed by atoms with Gasteiger partial charge in [0.05, 0.1) is 12.6 Å². The van der Waals surface area contributed by atoms with Crippen molar-refractivity contribution in [2.75, 3.05) is 36.5 Å². The van der Waals surface area contributed by atoms with Crippen LogP contribution in [0.5, 0.6) is 5.75 Å². The van der Waals surface area contributed by atoms with Gasteiger partial charge >= 0.3 is 0 Å². The van der Waals surface area contributed by atoms with Crippen LogP contribution in [0.15, 0.2) is 48.5 Å². The molecule has 2 aliphatic rings. The zero-order valence-electron chi connectivity index (χ0n) is 17.2. The standard InChI is InChI=1S/C23H26N6O2/c30-14-20-19-7-2-1-4-15(19)9-11-29(20)23-27-21(16-5-3-6-18(31)12-16)26-22(28-23)25-17-8-10-24-13-17/h1-7,12,17,20,24,30-31H,8-11,13-14H2,(H,25,26,27,28)/t17-,20-/m0/s1. The molecule has 1 saturated heterocycles. The minimum Gasteiger partial charge on any atom is -0.508 e. The van der Waals surface area contributed by atoms with Crippen molar-refractivity contribution in [2.45, 2.75) is 24.9 Å². The van der Waals surface area contributed by atoms with E-state index in [2.05, 4.69) is 27.8 Å². The SMILES string of the molecule is OC[C@H]1c2ccccc2CCN1c1nc(N[C@H]2CCNC2)nc(-c2cccc(O)c2)n1. The molecule has 2 aliphatic heterocycles. The first-order valence-corrected chi connectivity index (χ1v) is 10.7. The summed E-state index contributed by atoms with van der Waals surface area (Å²) in [6.07, 6.45) is 1.86. The van der Waals surface area contributed by atoms with Crippen LogP contribution in [0.25, 0.3) is 11.4 Å². The minimum atomic E-state index is -0.217. The van der Waals surface area contributed by atoms with Gasteiger partial charge in [-0.1, -0.05) is 36.4 Å². The highest BCUT2D eigenvalue weighted by atomic mass is 16.3. The summed E-state index contributed by atoms with van der Waals surface area (Å²) in [4.78, 5) is 16.2. The summed E-state index contributed by atoms with van der Waals surface area (Å²) in [6.45, 7) is 2.50. The molecule has 3 aromatic rings. The van der Waals surface area contributed by atoms with E-state index >= 15 is 0 Å². The van der Waals surface area contributed by atoms with Gasteiger partial charge in [0, 0.05) is 24.7 Å². The lowest BCUT2D eigenvalue weighted by molar-refractivity contribution is 0.256. The van der Waals surface area contributed by atoms with Crippen molar-refractivity contribution < 1.29 is 10.2 Å². The summed E-state index contributed by atoms with van der Waals surface area (Å²) in [5.41, 5.74) is 3.06. The number of hydrogen-bond acceptors (Lipinski definition) is 8. The van der Waals surface area contributed by atoms with E-state index in [0.717, 1.165) is 31.5 Å². The van der Waals surface area contributed by atoms with Gasteiger partial charge < -0.3 is 25.7 Å². The fourth-order valence-electron chi connectivity index (χ4n) is 4.38. The molecule has 4 N–H and O–H groups in total. The molecular formula is C23H26N6O2. The van der Waals surface area contributed by atoms with E-state index in [1.807, 2.05) is 23.1 Å². The molecule has 1 fully saturated rings. The number of nitrogens with zero attached hydrogens (tertiary/aromatic N) is 4. The van der Waals surface area contributed by atoms with Crippen molar-refractivity contribution in [1.29, 1.82) is 0 Å². The van der Waals surface area contributed by atoms with Gasteiger partial charge in [-0.15, -0.1) is 0 Å². The van der Waals surface area contributed by atoms with E-state index in [1.165, 1.54) is 5.56 Å². The molecule has 0 bridgehead atoms. The van der Waals surface area contributed by atoms with E-state index in [4.69, 9.17) is 9.97 Å². The zero-order valence-corrected chi connectivity index (χ0v) is 17.2. The summed E-state index contributed by atoms with van der Waals surface area (Å²) in [6, 6.07) is 15.1. The van der Waals surface area contributed by atoms with Crippen LogP contribution >= 0.6 is 0 Å². The largest absolute Gasteiger partial charge is 0.508 e. The number of anilines is 2. The molecule has 8 nitrogen and oxygen atoms in total. The monoisotopic (exact) mass is 418 g/mol. The number of phenols is 1. The first-order valence-electron chi connectivity index (χ1n) is 10.7. The summed E-state index contributed by atoms with van der Waals surface area (Å²) < 4.78 is 0. The molecule has 0 unspecified atom stereocenters. The number of benzene rings is 2. The number of rotatable bonds is 5. The average Bonchev–Trinajstić information content (AvgIpc) is 3.31. The summed E-state index contributed by atoms with van der Waals surface area (Å²) in [7, 11) is 0. The van der Waals surface area contributed by atoms with E-state index in [0.29, 0.717) is 29.8 Å². The highest BCUT2D eigenvalue weighted by molar-refractivity contribution is 5.61. The molecule has 0 radical (unpaired) electrons. The van der Waals surface area contributed by atoms with Crippen molar-refractivity contribution >= 4 is 11.9 Å². The predicted octanol–water partition coefficient (Wildman–Crippen LogP) is 2.11. The van der Waals surface area contributed by atoms with Crippen molar-refractivity contribution in [2.24, 2.45) is 0 Å². The van der Waals surface area contributed by atoms with Gasteiger partial charge in [0.15, 0.2) is 5.82 Å². The van der Waals surface area contributed by atoms with E-state index < -0.39 is 0 Å². The maximum atomic E-state index is 10.2. The first kappa shape index (κ1) is 19.7. The second-order valence-electron chi connectivity index (χ2n) is 8.01. The highest BCUT2D eigenvalue weighted by Gasteiger charge is 2.29. The normalized spacial score (nSPS) is 20.5. The number of aromatic nitrogens is 3. The molecule has 0 amide bonds. The van der Waals surface area contributed by atoms with E-state index in [1.54, 1.807) is 18.2 Å². The van der Waals surface area contributed by atoms with Crippen LogP contribution in [0.4, 0.5) is 11.9 Å². The molecule has 0 aliphatic carbocycles. The van der Waals surface area contributed by atoms with Crippen LogP contribution in [0.1, 0.15) is 23.6 Å². The molecule has 0 saturated carbocycles. The molecule has 31 heavy (non-hydrogen) atoms. The first-order chi connectivity index (χ1) is 15.2. The molecule has 5 rings (SSSR count). The third kappa shape index (κ3) is 4.04. The lowest BCUT2D eigenvalue weighted by Gasteiger charge is -2.36. The Kier molecular flexibility index (Phi) is 5.40. The molecule has 8 heteroatoms. The van der Waals surface area contributed by atoms with Crippen LogP contribution < -0.4 is 15.5 Å². The minimum absolute atomic E-state index is 0.0283. The predicted molar refractivity (Wildman–Crippen MR) is 119 cm³/mol. The van der Waals surface area contributed by atoms with Crippen LogP contribution in [-0.2, 0) is 6.42 Å². The summed E-state index contributed by atoms with van der Waals surface area (Å²) >= 11 is 0. The van der Waals surface area contributed by atoms with Gasteiger partial charge in [-0.05, 0) is 42.6 Å². The number of phenolic OH excluding ortho intramolecular Hbond substituents is 1.